The average Bonchev–Trinajstić information content (AvgIpc) is 2.65. The van der Waals surface area contributed by atoms with Crippen molar-refractivity contribution in [3.8, 4) is 0 Å². The molecule has 2 N–H and O–H groups in total. The number of benzene rings is 2. The van der Waals surface area contributed by atoms with Gasteiger partial charge in [-0.15, -0.1) is 0 Å². The van der Waals surface area contributed by atoms with E-state index < -0.39 is 25.9 Å². The first kappa shape index (κ1) is 21.3. The number of sulfone groups is 1. The Morgan fingerprint density at radius 2 is 1.52 bits per heavy atom. The van der Waals surface area contributed by atoms with Gasteiger partial charge in [-0.3, -0.25) is 14.4 Å². The highest BCUT2D eigenvalue weighted by Gasteiger charge is 2.32. The van der Waals surface area contributed by atoms with Crippen LogP contribution in [0.5, 0.6) is 0 Å². The van der Waals surface area contributed by atoms with E-state index in [2.05, 4.69) is 10.0 Å². The van der Waals surface area contributed by atoms with Crippen LogP contribution >= 0.6 is 0 Å². The predicted molar refractivity (Wildman–Crippen MR) is 113 cm³/mol. The molecule has 0 spiro atoms. The fourth-order valence-corrected chi connectivity index (χ4v) is 4.99. The minimum absolute atomic E-state index is 0.0233. The number of amides is 1. The molecule has 1 aliphatic rings. The molecule has 0 bridgehead atoms. The van der Waals surface area contributed by atoms with Crippen LogP contribution in [0.15, 0.2) is 54.6 Å². The molecular weight excluding hydrogens is 414 g/mol. The Morgan fingerprint density at radius 3 is 2.07 bits per heavy atom. The Balaban J connectivity index is 1.78. The number of carbonyl (C=O) groups excluding carboxylic acids is 1. The molecule has 1 aliphatic heterocycles. The standard InChI is InChI=1S/C19H23N3O5S2/c1-28(24,25)21-17-9-7-16(8-10-17)20-19(23)18(15-5-3-2-4-6-15)22-11-13-29(26,27)14-12-22/h2-10,18,21H,11-14H2,1H3,(H,20,23). The second-order valence-electron chi connectivity index (χ2n) is 6.94. The molecule has 0 radical (unpaired) electrons. The first-order valence-electron chi connectivity index (χ1n) is 9.01. The molecule has 0 saturated carbocycles. The van der Waals surface area contributed by atoms with Gasteiger partial charge in [0.2, 0.25) is 15.9 Å². The number of sulfonamides is 1. The van der Waals surface area contributed by atoms with Gasteiger partial charge in [-0.05, 0) is 29.8 Å². The van der Waals surface area contributed by atoms with Gasteiger partial charge in [0.05, 0.1) is 17.8 Å². The molecule has 3 rings (SSSR count). The molecule has 1 amide bonds. The number of hydrogen-bond acceptors (Lipinski definition) is 6. The normalized spacial score (nSPS) is 18.0. The molecule has 0 aromatic heterocycles. The first-order valence-corrected chi connectivity index (χ1v) is 12.7. The zero-order valence-corrected chi connectivity index (χ0v) is 17.5. The minimum Gasteiger partial charge on any atom is -0.324 e. The number of anilines is 2. The van der Waals surface area contributed by atoms with Gasteiger partial charge in [-0.1, -0.05) is 30.3 Å². The summed E-state index contributed by atoms with van der Waals surface area (Å²) in [6, 6.07) is 14.9. The van der Waals surface area contributed by atoms with Gasteiger partial charge < -0.3 is 5.32 Å². The highest BCUT2D eigenvalue weighted by molar-refractivity contribution is 7.92. The monoisotopic (exact) mass is 437 g/mol. The van der Waals surface area contributed by atoms with Gasteiger partial charge in [0.15, 0.2) is 9.84 Å². The van der Waals surface area contributed by atoms with Crippen molar-refractivity contribution in [2.24, 2.45) is 0 Å². The Hall–Kier alpha value is -2.43. The second kappa shape index (κ2) is 8.52. The van der Waals surface area contributed by atoms with Gasteiger partial charge in [0, 0.05) is 24.5 Å². The topological polar surface area (TPSA) is 113 Å². The van der Waals surface area contributed by atoms with E-state index in [1.165, 1.54) is 0 Å². The van der Waals surface area contributed by atoms with Crippen LogP contribution in [0.25, 0.3) is 0 Å². The summed E-state index contributed by atoms with van der Waals surface area (Å²) in [7, 11) is -6.44. The smallest absolute Gasteiger partial charge is 0.246 e. The molecule has 1 fully saturated rings. The van der Waals surface area contributed by atoms with Crippen molar-refractivity contribution in [3.63, 3.8) is 0 Å². The summed E-state index contributed by atoms with van der Waals surface area (Å²) in [5.41, 5.74) is 1.69. The van der Waals surface area contributed by atoms with Crippen molar-refractivity contribution >= 4 is 37.1 Å². The number of carbonyl (C=O) groups is 1. The lowest BCUT2D eigenvalue weighted by atomic mass is 10.0. The molecule has 1 heterocycles. The summed E-state index contributed by atoms with van der Waals surface area (Å²) >= 11 is 0. The van der Waals surface area contributed by atoms with Crippen molar-refractivity contribution in [1.82, 2.24) is 4.90 Å². The molecular formula is C19H23N3O5S2. The van der Waals surface area contributed by atoms with Gasteiger partial charge in [0.1, 0.15) is 6.04 Å². The highest BCUT2D eigenvalue weighted by Crippen LogP contribution is 2.25. The van der Waals surface area contributed by atoms with Crippen molar-refractivity contribution in [2.45, 2.75) is 6.04 Å². The van der Waals surface area contributed by atoms with E-state index in [1.807, 2.05) is 35.2 Å². The SMILES string of the molecule is CS(=O)(=O)Nc1ccc(NC(=O)C(c2ccccc2)N2CCS(=O)(=O)CC2)cc1. The molecule has 1 saturated heterocycles. The Bertz CT molecular complexity index is 1050. The van der Waals surface area contributed by atoms with Gasteiger partial charge in [-0.25, -0.2) is 16.8 Å². The van der Waals surface area contributed by atoms with Crippen LogP contribution in [-0.2, 0) is 24.7 Å². The molecule has 0 aliphatic carbocycles. The number of nitrogens with one attached hydrogen (secondary N) is 2. The fraction of sp³-hybridized carbons (Fsp3) is 0.316. The largest absolute Gasteiger partial charge is 0.324 e. The Morgan fingerprint density at radius 1 is 0.966 bits per heavy atom. The fourth-order valence-electron chi connectivity index (χ4n) is 3.19. The molecule has 8 nitrogen and oxygen atoms in total. The van der Waals surface area contributed by atoms with Crippen LogP contribution in [-0.4, -0.2) is 58.5 Å². The number of rotatable bonds is 6. The van der Waals surface area contributed by atoms with Crippen molar-refractivity contribution in [2.75, 3.05) is 40.9 Å². The van der Waals surface area contributed by atoms with E-state index in [4.69, 9.17) is 0 Å². The third-order valence-electron chi connectivity index (χ3n) is 4.56. The molecule has 2 aromatic carbocycles. The van der Waals surface area contributed by atoms with Crippen LogP contribution in [0.1, 0.15) is 11.6 Å². The lowest BCUT2D eigenvalue weighted by Gasteiger charge is -2.33. The van der Waals surface area contributed by atoms with E-state index in [-0.39, 0.29) is 30.5 Å². The molecule has 1 unspecified atom stereocenters. The maximum atomic E-state index is 13.1. The van der Waals surface area contributed by atoms with Crippen LogP contribution in [0.4, 0.5) is 11.4 Å². The van der Waals surface area contributed by atoms with E-state index >= 15 is 0 Å². The quantitative estimate of drug-likeness (QED) is 0.708. The maximum absolute atomic E-state index is 13.1. The summed E-state index contributed by atoms with van der Waals surface area (Å²) in [5.74, 6) is -0.232. The summed E-state index contributed by atoms with van der Waals surface area (Å²) in [6.07, 6.45) is 1.06. The van der Waals surface area contributed by atoms with E-state index in [1.54, 1.807) is 24.3 Å². The molecule has 10 heteroatoms. The maximum Gasteiger partial charge on any atom is 0.246 e. The molecule has 1 atom stereocenters. The lowest BCUT2D eigenvalue weighted by molar-refractivity contribution is -0.121. The van der Waals surface area contributed by atoms with Crippen LogP contribution < -0.4 is 10.0 Å². The summed E-state index contributed by atoms with van der Waals surface area (Å²) in [6.45, 7) is 0.569. The van der Waals surface area contributed by atoms with Crippen LogP contribution in [0.2, 0.25) is 0 Å². The second-order valence-corrected chi connectivity index (χ2v) is 11.0. The predicted octanol–water partition coefficient (Wildman–Crippen LogP) is 1.47. The summed E-state index contributed by atoms with van der Waals surface area (Å²) in [4.78, 5) is 14.9. The third kappa shape index (κ3) is 6.02. The number of nitrogens with zero attached hydrogens (tertiary/aromatic N) is 1. The molecule has 156 valence electrons. The van der Waals surface area contributed by atoms with Gasteiger partial charge in [-0.2, -0.15) is 0 Å². The highest BCUT2D eigenvalue weighted by atomic mass is 32.2. The lowest BCUT2D eigenvalue weighted by Crippen LogP contribution is -2.46. The minimum atomic E-state index is -3.38. The zero-order valence-electron chi connectivity index (χ0n) is 15.9. The van der Waals surface area contributed by atoms with Crippen molar-refractivity contribution in [1.29, 1.82) is 0 Å². The van der Waals surface area contributed by atoms with E-state index in [9.17, 15) is 21.6 Å². The summed E-state index contributed by atoms with van der Waals surface area (Å²) in [5, 5.41) is 2.84. The van der Waals surface area contributed by atoms with Crippen molar-refractivity contribution < 1.29 is 21.6 Å². The van der Waals surface area contributed by atoms with Crippen molar-refractivity contribution in [3.05, 3.63) is 60.2 Å². The Labute approximate surface area is 170 Å². The van der Waals surface area contributed by atoms with Gasteiger partial charge >= 0.3 is 0 Å². The van der Waals surface area contributed by atoms with Crippen LogP contribution in [0, 0.1) is 0 Å². The molecule has 2 aromatic rings. The van der Waals surface area contributed by atoms with Gasteiger partial charge in [0.25, 0.3) is 0 Å². The number of hydrogen-bond donors (Lipinski definition) is 2. The Kier molecular flexibility index (Phi) is 6.25. The van der Waals surface area contributed by atoms with E-state index in [0.29, 0.717) is 11.4 Å². The third-order valence-corrected chi connectivity index (χ3v) is 6.78. The zero-order chi connectivity index (χ0) is 21.1. The van der Waals surface area contributed by atoms with E-state index in [0.717, 1.165) is 11.8 Å². The van der Waals surface area contributed by atoms with Crippen LogP contribution in [0.3, 0.4) is 0 Å². The average molecular weight is 438 g/mol. The summed E-state index contributed by atoms with van der Waals surface area (Å²) < 4.78 is 48.5. The molecule has 29 heavy (non-hydrogen) atoms. The first-order chi connectivity index (χ1) is 13.6.